The van der Waals surface area contributed by atoms with E-state index in [9.17, 15) is 4.79 Å². The van der Waals surface area contributed by atoms with Gasteiger partial charge in [-0.05, 0) is 12.1 Å². The normalized spacial score (nSPS) is 10.5. The van der Waals surface area contributed by atoms with E-state index in [1.807, 2.05) is 42.5 Å². The van der Waals surface area contributed by atoms with Crippen molar-refractivity contribution in [2.75, 3.05) is 14.2 Å². The van der Waals surface area contributed by atoms with Crippen LogP contribution in [-0.2, 0) is 4.74 Å². The van der Waals surface area contributed by atoms with E-state index in [1.165, 1.54) is 7.11 Å². The summed E-state index contributed by atoms with van der Waals surface area (Å²) in [6.45, 7) is 0. The first-order chi connectivity index (χ1) is 10.7. The Balaban J connectivity index is 2.31. The first kappa shape index (κ1) is 14.1. The molecule has 0 radical (unpaired) electrons. The zero-order chi connectivity index (χ0) is 15.5. The lowest BCUT2D eigenvalue weighted by atomic mass is 10.1. The fourth-order valence-electron chi connectivity index (χ4n) is 2.42. The smallest absolute Gasteiger partial charge is 0.340 e. The van der Waals surface area contributed by atoms with Crippen molar-refractivity contribution in [3.8, 4) is 17.0 Å². The van der Waals surface area contributed by atoms with Crippen molar-refractivity contribution in [2.45, 2.75) is 0 Å². The number of esters is 1. The zero-order valence-corrected chi connectivity index (χ0v) is 12.4. The molecule has 2 aromatic carbocycles. The summed E-state index contributed by atoms with van der Waals surface area (Å²) in [7, 11) is 2.97. The Kier molecular flexibility index (Phi) is 3.74. The largest absolute Gasteiger partial charge is 0.496 e. The van der Waals surface area contributed by atoms with Crippen LogP contribution in [0.15, 0.2) is 54.6 Å². The highest BCUT2D eigenvalue weighted by atomic mass is 16.5. The van der Waals surface area contributed by atoms with Crippen molar-refractivity contribution in [3.63, 3.8) is 0 Å². The maximum Gasteiger partial charge on any atom is 0.340 e. The second-order valence-corrected chi connectivity index (χ2v) is 4.77. The summed E-state index contributed by atoms with van der Waals surface area (Å²) in [4.78, 5) is 16.6. The lowest BCUT2D eigenvalue weighted by molar-refractivity contribution is 0.0603. The molecule has 0 aliphatic carbocycles. The molecule has 0 aliphatic heterocycles. The van der Waals surface area contributed by atoms with Crippen LogP contribution in [0, 0.1) is 0 Å². The predicted octanol–water partition coefficient (Wildman–Crippen LogP) is 3.70. The minimum Gasteiger partial charge on any atom is -0.496 e. The number of ether oxygens (including phenoxy) is 2. The van der Waals surface area contributed by atoms with Crippen LogP contribution in [0.3, 0.4) is 0 Å². The fraction of sp³-hybridized carbons (Fsp3) is 0.111. The molecule has 0 saturated carbocycles. The van der Waals surface area contributed by atoms with Gasteiger partial charge < -0.3 is 9.47 Å². The number of nitrogens with zero attached hydrogens (tertiary/aromatic N) is 1. The van der Waals surface area contributed by atoms with Crippen LogP contribution >= 0.6 is 0 Å². The van der Waals surface area contributed by atoms with Gasteiger partial charge in [-0.25, -0.2) is 9.78 Å². The highest BCUT2D eigenvalue weighted by molar-refractivity contribution is 6.04. The molecule has 0 aliphatic rings. The van der Waals surface area contributed by atoms with Crippen LogP contribution in [0.4, 0.5) is 0 Å². The minimum atomic E-state index is -0.412. The molecule has 4 heteroatoms. The van der Waals surface area contributed by atoms with Gasteiger partial charge in [0.2, 0.25) is 0 Å². The standard InChI is InChI=1S/C18H15NO3/c1-21-16-11-15(12-7-4-3-5-8-12)19-17-13(16)9-6-10-14(17)18(20)22-2/h3-11H,1-2H3. The summed E-state index contributed by atoms with van der Waals surface area (Å²) >= 11 is 0. The molecule has 1 aromatic heterocycles. The maximum absolute atomic E-state index is 12.0. The van der Waals surface area contributed by atoms with Crippen LogP contribution in [-0.4, -0.2) is 25.2 Å². The average molecular weight is 293 g/mol. The van der Waals surface area contributed by atoms with E-state index in [0.29, 0.717) is 16.8 Å². The number of carbonyl (C=O) groups excluding carboxylic acids is 1. The molecule has 0 spiro atoms. The van der Waals surface area contributed by atoms with Crippen LogP contribution < -0.4 is 4.74 Å². The Hall–Kier alpha value is -2.88. The molecule has 0 saturated heterocycles. The van der Waals surface area contributed by atoms with Gasteiger partial charge >= 0.3 is 5.97 Å². The van der Waals surface area contributed by atoms with Crippen LogP contribution in [0.25, 0.3) is 22.2 Å². The number of rotatable bonds is 3. The molecular formula is C18H15NO3. The minimum absolute atomic E-state index is 0.412. The number of hydrogen-bond donors (Lipinski definition) is 0. The van der Waals surface area contributed by atoms with Gasteiger partial charge in [0.1, 0.15) is 5.75 Å². The molecule has 1 heterocycles. The SMILES string of the molecule is COC(=O)c1cccc2c(OC)cc(-c3ccccc3)nc12. The van der Waals surface area contributed by atoms with Gasteiger partial charge in [0.15, 0.2) is 0 Å². The fourth-order valence-corrected chi connectivity index (χ4v) is 2.42. The second kappa shape index (κ2) is 5.85. The summed E-state index contributed by atoms with van der Waals surface area (Å²) in [5.41, 5.74) is 2.72. The van der Waals surface area contributed by atoms with Gasteiger partial charge in [-0.3, -0.25) is 0 Å². The lowest BCUT2D eigenvalue weighted by Gasteiger charge is -2.11. The number of fused-ring (bicyclic) bond motifs is 1. The highest BCUT2D eigenvalue weighted by Gasteiger charge is 2.15. The Morgan fingerprint density at radius 1 is 1.00 bits per heavy atom. The monoisotopic (exact) mass is 293 g/mol. The summed E-state index contributed by atoms with van der Waals surface area (Å²) in [5, 5.41) is 0.782. The molecule has 0 amide bonds. The molecule has 3 rings (SSSR count). The van der Waals surface area contributed by atoms with Crippen molar-refractivity contribution >= 4 is 16.9 Å². The van der Waals surface area contributed by atoms with Gasteiger partial charge in [0.25, 0.3) is 0 Å². The number of carbonyl (C=O) groups is 1. The summed E-state index contributed by atoms with van der Waals surface area (Å²) in [5.74, 6) is 0.264. The molecule has 22 heavy (non-hydrogen) atoms. The van der Waals surface area contributed by atoms with E-state index in [0.717, 1.165) is 16.6 Å². The van der Waals surface area contributed by atoms with Gasteiger partial charge in [-0.2, -0.15) is 0 Å². The number of benzene rings is 2. The number of pyridine rings is 1. The average Bonchev–Trinajstić information content (AvgIpc) is 2.60. The number of methoxy groups -OCH3 is 2. The third kappa shape index (κ3) is 2.39. The van der Waals surface area contributed by atoms with Crippen LogP contribution in [0.2, 0.25) is 0 Å². The van der Waals surface area contributed by atoms with Crippen molar-refractivity contribution in [2.24, 2.45) is 0 Å². The molecule has 0 bridgehead atoms. The second-order valence-electron chi connectivity index (χ2n) is 4.77. The topological polar surface area (TPSA) is 48.4 Å². The molecule has 0 fully saturated rings. The van der Waals surface area contributed by atoms with E-state index < -0.39 is 5.97 Å². The van der Waals surface area contributed by atoms with E-state index in [2.05, 4.69) is 4.98 Å². The molecule has 0 atom stereocenters. The zero-order valence-electron chi connectivity index (χ0n) is 12.4. The first-order valence-corrected chi connectivity index (χ1v) is 6.86. The van der Waals surface area contributed by atoms with E-state index in [4.69, 9.17) is 9.47 Å². The number of hydrogen-bond acceptors (Lipinski definition) is 4. The van der Waals surface area contributed by atoms with E-state index >= 15 is 0 Å². The van der Waals surface area contributed by atoms with Crippen molar-refractivity contribution in [3.05, 3.63) is 60.2 Å². The Morgan fingerprint density at radius 2 is 1.77 bits per heavy atom. The van der Waals surface area contributed by atoms with Gasteiger partial charge in [0, 0.05) is 17.0 Å². The Labute approximate surface area is 128 Å². The number of para-hydroxylation sites is 1. The Bertz CT molecular complexity index is 828. The predicted molar refractivity (Wildman–Crippen MR) is 85.1 cm³/mol. The highest BCUT2D eigenvalue weighted by Crippen LogP contribution is 2.31. The summed E-state index contributed by atoms with van der Waals surface area (Å²) in [6, 6.07) is 17.0. The van der Waals surface area contributed by atoms with E-state index in [-0.39, 0.29) is 0 Å². The molecular weight excluding hydrogens is 278 g/mol. The van der Waals surface area contributed by atoms with Gasteiger partial charge in [0.05, 0.1) is 31.0 Å². The quantitative estimate of drug-likeness (QED) is 0.691. The first-order valence-electron chi connectivity index (χ1n) is 6.86. The van der Waals surface area contributed by atoms with Crippen molar-refractivity contribution in [1.29, 1.82) is 0 Å². The lowest BCUT2D eigenvalue weighted by Crippen LogP contribution is -2.04. The van der Waals surface area contributed by atoms with Crippen molar-refractivity contribution in [1.82, 2.24) is 4.98 Å². The molecule has 110 valence electrons. The van der Waals surface area contributed by atoms with Crippen LogP contribution in [0.5, 0.6) is 5.75 Å². The van der Waals surface area contributed by atoms with Gasteiger partial charge in [-0.15, -0.1) is 0 Å². The van der Waals surface area contributed by atoms with Gasteiger partial charge in [-0.1, -0.05) is 36.4 Å². The summed E-state index contributed by atoms with van der Waals surface area (Å²) < 4.78 is 10.3. The van der Waals surface area contributed by atoms with E-state index in [1.54, 1.807) is 19.2 Å². The Morgan fingerprint density at radius 3 is 2.45 bits per heavy atom. The van der Waals surface area contributed by atoms with Crippen LogP contribution in [0.1, 0.15) is 10.4 Å². The van der Waals surface area contributed by atoms with Crippen molar-refractivity contribution < 1.29 is 14.3 Å². The molecule has 0 N–H and O–H groups in total. The molecule has 4 nitrogen and oxygen atoms in total. The third-order valence-electron chi connectivity index (χ3n) is 3.50. The number of aromatic nitrogens is 1. The summed E-state index contributed by atoms with van der Waals surface area (Å²) in [6.07, 6.45) is 0. The molecule has 3 aromatic rings. The maximum atomic E-state index is 12.0. The third-order valence-corrected chi connectivity index (χ3v) is 3.50. The molecule has 0 unspecified atom stereocenters.